The summed E-state index contributed by atoms with van der Waals surface area (Å²) < 4.78 is 246. The van der Waals surface area contributed by atoms with E-state index in [9.17, 15) is 88.6 Å². The minimum Gasteiger partial charge on any atom is -0.495 e. The van der Waals surface area contributed by atoms with Gasteiger partial charge in [-0.05, 0) is 35.4 Å². The van der Waals surface area contributed by atoms with Gasteiger partial charge in [0.1, 0.15) is 11.5 Å². The van der Waals surface area contributed by atoms with E-state index in [1.54, 1.807) is 0 Å². The van der Waals surface area contributed by atoms with Crippen LogP contribution in [0.1, 0.15) is 0 Å². The van der Waals surface area contributed by atoms with Gasteiger partial charge in [-0.25, -0.2) is 0 Å². The molecule has 24 heteroatoms. The first-order valence-electron chi connectivity index (χ1n) is 11.8. The van der Waals surface area contributed by atoms with Crippen LogP contribution in [0.3, 0.4) is 0 Å². The monoisotopic (exact) mass is 736 g/mol. The molecule has 0 radical (unpaired) electrons. The predicted molar refractivity (Wildman–Crippen MR) is 124 cm³/mol. The van der Waals surface area contributed by atoms with Crippen LogP contribution in [0.15, 0.2) is 36.4 Å². The number of alkyl halides is 18. The average molecular weight is 736 g/mol. The molecular formula is C24H14F18N2O4. The molecule has 0 atom stereocenters. The normalized spacial score (nSPS) is 14.0. The van der Waals surface area contributed by atoms with E-state index in [1.807, 2.05) is 0 Å². The van der Waals surface area contributed by atoms with Crippen molar-refractivity contribution in [3.05, 3.63) is 36.4 Å². The van der Waals surface area contributed by atoms with Gasteiger partial charge in [-0.15, -0.1) is 0 Å². The maximum absolute atomic E-state index is 13.9. The lowest BCUT2D eigenvalue weighted by Gasteiger charge is -2.32. The van der Waals surface area contributed by atoms with Gasteiger partial charge in [0.05, 0.1) is 25.6 Å². The smallest absolute Gasteiger partial charge is 0.460 e. The first-order chi connectivity index (χ1) is 21.4. The number of amides is 2. The van der Waals surface area contributed by atoms with E-state index < -0.39 is 82.6 Å². The van der Waals surface area contributed by atoms with Gasteiger partial charge in [-0.3, -0.25) is 9.59 Å². The second kappa shape index (κ2) is 12.3. The van der Waals surface area contributed by atoms with E-state index >= 15 is 0 Å². The molecule has 0 heterocycles. The van der Waals surface area contributed by atoms with Crippen molar-refractivity contribution in [1.29, 1.82) is 0 Å². The number of methoxy groups -OCH3 is 2. The third-order valence-electron chi connectivity index (χ3n) is 6.09. The topological polar surface area (TPSA) is 76.7 Å². The van der Waals surface area contributed by atoms with Crippen molar-refractivity contribution in [2.24, 2.45) is 0 Å². The van der Waals surface area contributed by atoms with Crippen LogP contribution in [0.4, 0.5) is 90.4 Å². The molecule has 0 unspecified atom stereocenters. The van der Waals surface area contributed by atoms with E-state index in [1.165, 1.54) is 0 Å². The lowest BCUT2D eigenvalue weighted by atomic mass is 10.0. The molecule has 0 aliphatic carbocycles. The SMILES string of the molecule is COc1cc(-c2ccc(NC(=O)C(F)(F)C(F)(F)C(F)(F)C(F)(F)F)c(OC)c2)ccc1NC(=O)C(F)(F)C(F)(F)C(F)(F)C(F)(F)F. The van der Waals surface area contributed by atoms with Crippen LogP contribution in [0, 0.1) is 0 Å². The predicted octanol–water partition coefficient (Wildman–Crippen LogP) is 8.18. The quantitative estimate of drug-likeness (QED) is 0.228. The molecule has 0 spiro atoms. The first-order valence-corrected chi connectivity index (χ1v) is 11.8. The molecule has 2 amide bonds. The zero-order valence-electron chi connectivity index (χ0n) is 22.9. The highest BCUT2D eigenvalue weighted by Gasteiger charge is 2.85. The van der Waals surface area contributed by atoms with Gasteiger partial charge in [0, 0.05) is 0 Å². The van der Waals surface area contributed by atoms with Crippen LogP contribution in [0.2, 0.25) is 0 Å². The van der Waals surface area contributed by atoms with Crippen molar-refractivity contribution >= 4 is 23.2 Å². The number of carbonyl (C=O) groups is 2. The van der Waals surface area contributed by atoms with Gasteiger partial charge < -0.3 is 20.1 Å². The number of hydrogen-bond donors (Lipinski definition) is 2. The first kappa shape index (κ1) is 39.9. The molecule has 270 valence electrons. The van der Waals surface area contributed by atoms with Crippen LogP contribution in [0.25, 0.3) is 11.1 Å². The summed E-state index contributed by atoms with van der Waals surface area (Å²) in [7, 11) is 1.49. The number of anilines is 2. The van der Waals surface area contributed by atoms with Crippen molar-refractivity contribution in [1.82, 2.24) is 0 Å². The standard InChI is InChI=1S/C24H14F18N2O4/c1-47-13-7-9(3-5-11(13)43-15(45)17(25,26)19(29,30)21(33,34)23(37,38)39)10-4-6-12(14(8-10)48-2)44-16(46)18(27,28)20(31,32)22(35,36)24(40,41)42/h3-8H,1-2H3,(H,43,45)(H,44,46). The number of rotatable bonds is 11. The molecule has 0 bridgehead atoms. The number of halogens is 18. The second-order valence-electron chi connectivity index (χ2n) is 9.18. The highest BCUT2D eigenvalue weighted by Crippen LogP contribution is 2.55. The molecule has 0 aromatic heterocycles. The van der Waals surface area contributed by atoms with Gasteiger partial charge in [0.25, 0.3) is 0 Å². The Morgan fingerprint density at radius 3 is 0.979 bits per heavy atom. The third kappa shape index (κ3) is 6.43. The Kier molecular flexibility index (Phi) is 10.2. The average Bonchev–Trinajstić information content (AvgIpc) is 2.95. The van der Waals surface area contributed by atoms with Crippen molar-refractivity contribution < 1.29 is 98.1 Å². The van der Waals surface area contributed by atoms with E-state index in [0.717, 1.165) is 49.1 Å². The van der Waals surface area contributed by atoms with Gasteiger partial charge in [-0.2, -0.15) is 79.0 Å². The summed E-state index contributed by atoms with van der Waals surface area (Å²) in [6, 6.07) is 4.18. The van der Waals surface area contributed by atoms with Crippen molar-refractivity contribution in [2.45, 2.75) is 47.9 Å². The van der Waals surface area contributed by atoms with E-state index in [4.69, 9.17) is 9.47 Å². The number of nitrogens with one attached hydrogen (secondary N) is 2. The summed E-state index contributed by atoms with van der Waals surface area (Å²) in [6.45, 7) is 0. The fourth-order valence-corrected chi connectivity index (χ4v) is 3.39. The molecule has 2 aromatic carbocycles. The summed E-state index contributed by atoms with van der Waals surface area (Å²) in [6.07, 6.45) is -14.4. The number of ether oxygens (including phenoxy) is 2. The van der Waals surface area contributed by atoms with E-state index in [-0.39, 0.29) is 11.1 Å². The summed E-state index contributed by atoms with van der Waals surface area (Å²) in [4.78, 5) is 23.6. The van der Waals surface area contributed by atoms with Crippen molar-refractivity contribution in [3.63, 3.8) is 0 Å². The second-order valence-corrected chi connectivity index (χ2v) is 9.18. The largest absolute Gasteiger partial charge is 0.495 e. The fourth-order valence-electron chi connectivity index (χ4n) is 3.39. The van der Waals surface area contributed by atoms with Crippen LogP contribution < -0.4 is 20.1 Å². The Labute approximate surface area is 253 Å². The Balaban J connectivity index is 2.42. The number of benzene rings is 2. The Bertz CT molecular complexity index is 1420. The molecule has 0 aliphatic heterocycles. The molecule has 0 saturated heterocycles. The number of carbonyl (C=O) groups excluding carboxylic acids is 2. The van der Waals surface area contributed by atoms with Crippen LogP contribution in [-0.2, 0) is 9.59 Å². The van der Waals surface area contributed by atoms with Gasteiger partial charge in [0.15, 0.2) is 0 Å². The molecule has 0 saturated carbocycles. The zero-order chi connectivity index (χ0) is 37.7. The summed E-state index contributed by atoms with van der Waals surface area (Å²) in [5.41, 5.74) is -2.45. The third-order valence-corrected chi connectivity index (χ3v) is 6.09. The van der Waals surface area contributed by atoms with Gasteiger partial charge in [-0.1, -0.05) is 12.1 Å². The summed E-state index contributed by atoms with van der Waals surface area (Å²) in [5.74, 6) is -51.0. The van der Waals surface area contributed by atoms with Gasteiger partial charge in [0.2, 0.25) is 0 Å². The molecule has 2 rings (SSSR count). The summed E-state index contributed by atoms with van der Waals surface area (Å²) in [5, 5.41) is 1.97. The molecule has 2 aromatic rings. The minimum absolute atomic E-state index is 0.205. The minimum atomic E-state index is -7.38. The highest BCUT2D eigenvalue weighted by molar-refractivity contribution is 5.99. The lowest BCUT2D eigenvalue weighted by molar-refractivity contribution is -0.388. The highest BCUT2D eigenvalue weighted by atomic mass is 19.4. The number of hydrogen-bond acceptors (Lipinski definition) is 4. The lowest BCUT2D eigenvalue weighted by Crippen LogP contribution is -2.64. The fraction of sp³-hybridized carbons (Fsp3) is 0.417. The molecule has 2 N–H and O–H groups in total. The Hall–Kier alpha value is -4.28. The van der Waals surface area contributed by atoms with Crippen molar-refractivity contribution in [2.75, 3.05) is 24.9 Å². The van der Waals surface area contributed by atoms with E-state index in [2.05, 4.69) is 0 Å². The molecule has 48 heavy (non-hydrogen) atoms. The Morgan fingerprint density at radius 1 is 0.479 bits per heavy atom. The maximum Gasteiger partial charge on any atom is 0.460 e. The van der Waals surface area contributed by atoms with Gasteiger partial charge >= 0.3 is 59.7 Å². The molecule has 0 aliphatic rings. The maximum atomic E-state index is 13.9. The molecular weight excluding hydrogens is 722 g/mol. The Morgan fingerprint density at radius 2 is 0.750 bits per heavy atom. The summed E-state index contributed by atoms with van der Waals surface area (Å²) >= 11 is 0. The van der Waals surface area contributed by atoms with E-state index in [0.29, 0.717) is 12.1 Å². The molecule has 6 nitrogen and oxygen atoms in total. The molecule has 0 fully saturated rings. The van der Waals surface area contributed by atoms with Crippen molar-refractivity contribution in [3.8, 4) is 22.6 Å². The van der Waals surface area contributed by atoms with Crippen LogP contribution >= 0.6 is 0 Å². The van der Waals surface area contributed by atoms with Crippen LogP contribution in [-0.4, -0.2) is 73.9 Å². The zero-order valence-corrected chi connectivity index (χ0v) is 22.9. The van der Waals surface area contributed by atoms with Crippen LogP contribution in [0.5, 0.6) is 11.5 Å².